The summed E-state index contributed by atoms with van der Waals surface area (Å²) in [7, 11) is 3.44. The highest BCUT2D eigenvalue weighted by atomic mass is 127. The van der Waals surface area contributed by atoms with E-state index in [1.54, 1.807) is 14.2 Å². The van der Waals surface area contributed by atoms with Gasteiger partial charge in [0, 0.05) is 38.7 Å². The highest BCUT2D eigenvalue weighted by Crippen LogP contribution is 2.24. The van der Waals surface area contributed by atoms with Gasteiger partial charge in [-0.15, -0.1) is 24.0 Å². The van der Waals surface area contributed by atoms with Crippen LogP contribution in [-0.4, -0.2) is 40.9 Å². The molecule has 2 N–H and O–H groups in total. The third-order valence-corrected chi connectivity index (χ3v) is 5.13. The highest BCUT2D eigenvalue weighted by molar-refractivity contribution is 14.0. The number of hydrogen-bond donors (Lipinski definition) is 2. The summed E-state index contributed by atoms with van der Waals surface area (Å²) in [6.07, 6.45) is 1.85. The van der Waals surface area contributed by atoms with Crippen LogP contribution in [0.15, 0.2) is 59.6 Å². The SMILES string of the molecule is CN=C(NCc1ccccc1Oc1ccccc1)NC1CCc2nc(COC)nn2C1.I. The molecule has 0 radical (unpaired) electrons. The molecule has 1 aliphatic heterocycles. The van der Waals surface area contributed by atoms with Crippen molar-refractivity contribution in [3.63, 3.8) is 0 Å². The molecule has 170 valence electrons. The Morgan fingerprint density at radius 2 is 1.94 bits per heavy atom. The van der Waals surface area contributed by atoms with E-state index in [0.29, 0.717) is 13.2 Å². The summed E-state index contributed by atoms with van der Waals surface area (Å²) >= 11 is 0. The van der Waals surface area contributed by atoms with E-state index in [0.717, 1.165) is 54.1 Å². The van der Waals surface area contributed by atoms with Crippen LogP contribution in [0, 0.1) is 0 Å². The van der Waals surface area contributed by atoms with Crippen molar-refractivity contribution >= 4 is 29.9 Å². The van der Waals surface area contributed by atoms with Gasteiger partial charge in [-0.3, -0.25) is 4.99 Å². The predicted molar refractivity (Wildman–Crippen MR) is 135 cm³/mol. The number of aromatic nitrogens is 3. The van der Waals surface area contributed by atoms with E-state index in [1.165, 1.54) is 0 Å². The van der Waals surface area contributed by atoms with Gasteiger partial charge in [0.05, 0.1) is 6.54 Å². The van der Waals surface area contributed by atoms with E-state index in [-0.39, 0.29) is 30.0 Å². The number of aryl methyl sites for hydroxylation is 1. The van der Waals surface area contributed by atoms with Gasteiger partial charge in [-0.1, -0.05) is 36.4 Å². The van der Waals surface area contributed by atoms with Crippen LogP contribution in [0.1, 0.15) is 23.6 Å². The fourth-order valence-corrected chi connectivity index (χ4v) is 3.60. The largest absolute Gasteiger partial charge is 0.457 e. The van der Waals surface area contributed by atoms with Crippen LogP contribution in [0.2, 0.25) is 0 Å². The Labute approximate surface area is 205 Å². The number of benzene rings is 2. The molecule has 1 aromatic heterocycles. The minimum atomic E-state index is 0. The maximum absolute atomic E-state index is 6.06. The number of nitrogens with zero attached hydrogens (tertiary/aromatic N) is 4. The molecule has 0 aliphatic carbocycles. The number of nitrogens with one attached hydrogen (secondary N) is 2. The quantitative estimate of drug-likeness (QED) is 0.267. The van der Waals surface area contributed by atoms with Crippen molar-refractivity contribution in [2.24, 2.45) is 4.99 Å². The van der Waals surface area contributed by atoms with E-state index in [1.807, 2.05) is 53.2 Å². The zero-order valence-corrected chi connectivity index (χ0v) is 20.7. The number of halogens is 1. The van der Waals surface area contributed by atoms with Gasteiger partial charge in [0.15, 0.2) is 11.8 Å². The number of guanidine groups is 1. The van der Waals surface area contributed by atoms with Gasteiger partial charge in [-0.2, -0.15) is 5.10 Å². The average molecular weight is 548 g/mol. The molecule has 0 saturated carbocycles. The second-order valence-electron chi connectivity index (χ2n) is 7.39. The van der Waals surface area contributed by atoms with Crippen LogP contribution in [0.4, 0.5) is 0 Å². The number of ether oxygens (including phenoxy) is 2. The van der Waals surface area contributed by atoms with Crippen LogP contribution < -0.4 is 15.4 Å². The summed E-state index contributed by atoms with van der Waals surface area (Å²) in [6.45, 7) is 1.79. The van der Waals surface area contributed by atoms with Crippen LogP contribution in [0.5, 0.6) is 11.5 Å². The summed E-state index contributed by atoms with van der Waals surface area (Å²) in [5.41, 5.74) is 1.06. The number of fused-ring (bicyclic) bond motifs is 1. The maximum atomic E-state index is 6.06. The van der Waals surface area contributed by atoms with Gasteiger partial charge in [0.2, 0.25) is 0 Å². The van der Waals surface area contributed by atoms with E-state index >= 15 is 0 Å². The summed E-state index contributed by atoms with van der Waals surface area (Å²) < 4.78 is 13.2. The molecule has 1 unspecified atom stereocenters. The predicted octanol–water partition coefficient (Wildman–Crippen LogP) is 3.51. The van der Waals surface area contributed by atoms with Crippen LogP contribution >= 0.6 is 24.0 Å². The van der Waals surface area contributed by atoms with Crippen molar-refractivity contribution in [3.05, 3.63) is 71.8 Å². The molecule has 32 heavy (non-hydrogen) atoms. The summed E-state index contributed by atoms with van der Waals surface area (Å²) in [5.74, 6) is 4.14. The Balaban J connectivity index is 0.00000289. The van der Waals surface area contributed by atoms with Gasteiger partial charge >= 0.3 is 0 Å². The Hall–Kier alpha value is -2.66. The molecule has 2 aromatic carbocycles. The molecule has 0 fully saturated rings. The van der Waals surface area contributed by atoms with E-state index < -0.39 is 0 Å². The standard InChI is InChI=1S/C23H28N6O2.HI/c1-24-23(26-18-12-13-22-27-21(16-30-2)28-29(22)15-18)25-14-17-8-6-7-11-20(17)31-19-9-4-3-5-10-19;/h3-11,18H,12-16H2,1-2H3,(H2,24,25,26);1H. The lowest BCUT2D eigenvalue weighted by Gasteiger charge is -2.25. The molecule has 1 aliphatic rings. The molecular formula is C23H29IN6O2. The van der Waals surface area contributed by atoms with Crippen molar-refractivity contribution in [1.82, 2.24) is 25.4 Å². The zero-order chi connectivity index (χ0) is 21.5. The lowest BCUT2D eigenvalue weighted by atomic mass is 10.1. The number of methoxy groups -OCH3 is 1. The second kappa shape index (κ2) is 11.8. The average Bonchev–Trinajstić information content (AvgIpc) is 3.20. The Kier molecular flexibility index (Phi) is 8.86. The summed E-state index contributed by atoms with van der Waals surface area (Å²) in [6, 6.07) is 18.0. The van der Waals surface area contributed by atoms with Crippen molar-refractivity contribution in [1.29, 1.82) is 0 Å². The van der Waals surface area contributed by atoms with Gasteiger partial charge in [0.1, 0.15) is 23.9 Å². The molecule has 2 heterocycles. The lowest BCUT2D eigenvalue weighted by Crippen LogP contribution is -2.46. The molecule has 4 rings (SSSR count). The number of hydrogen-bond acceptors (Lipinski definition) is 5. The molecule has 0 bridgehead atoms. The van der Waals surface area contributed by atoms with Gasteiger partial charge < -0.3 is 20.1 Å². The number of aliphatic imine (C=N–C) groups is 1. The molecular weight excluding hydrogens is 519 g/mol. The zero-order valence-electron chi connectivity index (χ0n) is 18.3. The first kappa shape index (κ1) is 24.0. The number of rotatable bonds is 7. The van der Waals surface area contributed by atoms with Crippen LogP contribution in [-0.2, 0) is 30.9 Å². The minimum Gasteiger partial charge on any atom is -0.457 e. The molecule has 0 spiro atoms. The first-order valence-corrected chi connectivity index (χ1v) is 10.4. The fourth-order valence-electron chi connectivity index (χ4n) is 3.60. The van der Waals surface area contributed by atoms with Crippen LogP contribution in [0.25, 0.3) is 0 Å². The molecule has 0 amide bonds. The summed E-state index contributed by atoms with van der Waals surface area (Å²) in [5, 5.41) is 11.4. The molecule has 8 nitrogen and oxygen atoms in total. The third-order valence-electron chi connectivity index (χ3n) is 5.13. The van der Waals surface area contributed by atoms with Crippen LogP contribution in [0.3, 0.4) is 0 Å². The molecule has 1 atom stereocenters. The summed E-state index contributed by atoms with van der Waals surface area (Å²) in [4.78, 5) is 8.92. The molecule has 3 aromatic rings. The van der Waals surface area contributed by atoms with E-state index in [9.17, 15) is 0 Å². The second-order valence-corrected chi connectivity index (χ2v) is 7.39. The normalized spacial score (nSPS) is 15.4. The van der Waals surface area contributed by atoms with Crippen molar-refractivity contribution < 1.29 is 9.47 Å². The Morgan fingerprint density at radius 1 is 1.16 bits per heavy atom. The minimum absolute atomic E-state index is 0. The lowest BCUT2D eigenvalue weighted by molar-refractivity contribution is 0.177. The van der Waals surface area contributed by atoms with Crippen molar-refractivity contribution in [2.75, 3.05) is 14.2 Å². The first-order chi connectivity index (χ1) is 15.2. The number of para-hydroxylation sites is 2. The van der Waals surface area contributed by atoms with Gasteiger partial charge in [-0.25, -0.2) is 9.67 Å². The highest BCUT2D eigenvalue weighted by Gasteiger charge is 2.22. The van der Waals surface area contributed by atoms with Gasteiger partial charge in [-0.05, 0) is 24.6 Å². The fraction of sp³-hybridized carbons (Fsp3) is 0.348. The smallest absolute Gasteiger partial charge is 0.191 e. The maximum Gasteiger partial charge on any atom is 0.191 e. The van der Waals surface area contributed by atoms with Crippen molar-refractivity contribution in [2.45, 2.75) is 38.6 Å². The molecule has 9 heteroatoms. The van der Waals surface area contributed by atoms with E-state index in [4.69, 9.17) is 9.47 Å². The topological polar surface area (TPSA) is 85.6 Å². The Bertz CT molecular complexity index is 1020. The Morgan fingerprint density at radius 3 is 2.72 bits per heavy atom. The molecule has 0 saturated heterocycles. The van der Waals surface area contributed by atoms with Gasteiger partial charge in [0.25, 0.3) is 0 Å². The third kappa shape index (κ3) is 6.19. The van der Waals surface area contributed by atoms with E-state index in [2.05, 4.69) is 31.8 Å². The first-order valence-electron chi connectivity index (χ1n) is 10.4. The monoisotopic (exact) mass is 548 g/mol. The van der Waals surface area contributed by atoms with Crippen molar-refractivity contribution in [3.8, 4) is 11.5 Å².